The number of hydrogen-bond acceptors (Lipinski definition) is 3. The minimum absolute atomic E-state index is 0.216. The highest BCUT2D eigenvalue weighted by Crippen LogP contribution is 2.40. The summed E-state index contributed by atoms with van der Waals surface area (Å²) in [6, 6.07) is 2.08. The van der Waals surface area contributed by atoms with Gasteiger partial charge in [-0.25, -0.2) is 0 Å². The number of rotatable bonds is 5. The Kier molecular flexibility index (Phi) is 4.10. The number of aliphatic hydroxyl groups is 1. The molecule has 4 nitrogen and oxygen atoms in total. The van der Waals surface area contributed by atoms with E-state index >= 15 is 0 Å². The van der Waals surface area contributed by atoms with Crippen LogP contribution in [0.5, 0.6) is 0 Å². The minimum atomic E-state index is -0.800. The molecule has 0 saturated heterocycles. The second-order valence-electron chi connectivity index (χ2n) is 4.20. The summed E-state index contributed by atoms with van der Waals surface area (Å²) >= 11 is 0. The van der Waals surface area contributed by atoms with Crippen LogP contribution in [0.2, 0.25) is 0 Å². The normalized spacial score (nSPS) is 19.8. The fourth-order valence-electron chi connectivity index (χ4n) is 1.73. The lowest BCUT2D eigenvalue weighted by Crippen LogP contribution is -2.46. The van der Waals surface area contributed by atoms with Crippen molar-refractivity contribution in [1.82, 2.24) is 5.32 Å². The van der Waals surface area contributed by atoms with Gasteiger partial charge in [-0.05, 0) is 25.7 Å². The highest BCUT2D eigenvalue weighted by Gasteiger charge is 2.44. The lowest BCUT2D eigenvalue weighted by atomic mass is 9.69. The summed E-state index contributed by atoms with van der Waals surface area (Å²) in [6.45, 7) is 2.24. The fourth-order valence-corrected chi connectivity index (χ4v) is 1.73. The second-order valence-corrected chi connectivity index (χ2v) is 4.20. The number of aliphatic hydroxyl groups excluding tert-OH is 1. The molecule has 1 amide bonds. The summed E-state index contributed by atoms with van der Waals surface area (Å²) in [7, 11) is 0. The number of nitrogens with zero attached hydrogens (tertiary/aromatic N) is 1. The van der Waals surface area contributed by atoms with Gasteiger partial charge in [-0.15, -0.1) is 0 Å². The lowest BCUT2D eigenvalue weighted by Gasteiger charge is -2.33. The maximum atomic E-state index is 11.6. The van der Waals surface area contributed by atoms with Gasteiger partial charge in [-0.3, -0.25) is 4.79 Å². The number of carbonyl (C=O) groups excluding carboxylic acids is 1. The molecule has 1 atom stereocenters. The molecule has 15 heavy (non-hydrogen) atoms. The highest BCUT2D eigenvalue weighted by atomic mass is 16.3. The van der Waals surface area contributed by atoms with Crippen molar-refractivity contribution >= 4 is 5.91 Å². The van der Waals surface area contributed by atoms with Crippen LogP contribution in [-0.2, 0) is 4.79 Å². The minimum Gasteiger partial charge on any atom is -0.391 e. The van der Waals surface area contributed by atoms with Crippen molar-refractivity contribution in [2.24, 2.45) is 5.41 Å². The molecule has 1 aliphatic carbocycles. The molecule has 0 aromatic heterocycles. The van der Waals surface area contributed by atoms with Gasteiger partial charge >= 0.3 is 0 Å². The van der Waals surface area contributed by atoms with Crippen LogP contribution in [0.1, 0.15) is 39.0 Å². The average Bonchev–Trinajstić information content (AvgIpc) is 2.14. The molecular weight excluding hydrogens is 192 g/mol. The van der Waals surface area contributed by atoms with E-state index in [4.69, 9.17) is 5.26 Å². The van der Waals surface area contributed by atoms with E-state index in [2.05, 4.69) is 11.4 Å². The molecule has 1 aliphatic rings. The SMILES string of the molecule is CCCC(O)CNC(=O)C1(C#N)CCC1. The monoisotopic (exact) mass is 210 g/mol. The van der Waals surface area contributed by atoms with Gasteiger partial charge in [0.1, 0.15) is 5.41 Å². The lowest BCUT2D eigenvalue weighted by molar-refractivity contribution is -0.132. The molecule has 0 radical (unpaired) electrons. The Morgan fingerprint density at radius 3 is 2.73 bits per heavy atom. The molecule has 2 N–H and O–H groups in total. The molecule has 0 spiro atoms. The van der Waals surface area contributed by atoms with E-state index < -0.39 is 11.5 Å². The summed E-state index contributed by atoms with van der Waals surface area (Å²) in [6.07, 6.45) is 3.33. The summed E-state index contributed by atoms with van der Waals surface area (Å²) in [4.78, 5) is 11.6. The number of carbonyl (C=O) groups is 1. The van der Waals surface area contributed by atoms with Crippen LogP contribution < -0.4 is 5.32 Å². The maximum Gasteiger partial charge on any atom is 0.240 e. The van der Waals surface area contributed by atoms with Gasteiger partial charge in [0.15, 0.2) is 0 Å². The molecule has 0 bridgehead atoms. The third-order valence-electron chi connectivity index (χ3n) is 2.98. The van der Waals surface area contributed by atoms with Crippen LogP contribution in [0.3, 0.4) is 0 Å². The Morgan fingerprint density at radius 2 is 2.33 bits per heavy atom. The standard InChI is InChI=1S/C11H18N2O2/c1-2-4-9(14)7-13-10(15)11(8-12)5-3-6-11/h9,14H,2-7H2,1H3,(H,13,15). The topological polar surface area (TPSA) is 73.1 Å². The first kappa shape index (κ1) is 12.0. The molecule has 4 heteroatoms. The van der Waals surface area contributed by atoms with Crippen molar-refractivity contribution < 1.29 is 9.90 Å². The van der Waals surface area contributed by atoms with Gasteiger partial charge in [-0.2, -0.15) is 5.26 Å². The van der Waals surface area contributed by atoms with E-state index in [9.17, 15) is 9.90 Å². The summed E-state index contributed by atoms with van der Waals surface area (Å²) in [5.41, 5.74) is -0.800. The molecule has 1 rings (SSSR count). The first-order valence-electron chi connectivity index (χ1n) is 5.52. The summed E-state index contributed by atoms with van der Waals surface area (Å²) in [5.74, 6) is -0.216. The van der Waals surface area contributed by atoms with Gasteiger partial charge in [0.05, 0.1) is 12.2 Å². The zero-order chi connectivity index (χ0) is 11.3. The van der Waals surface area contributed by atoms with Gasteiger partial charge in [0, 0.05) is 6.54 Å². The van der Waals surface area contributed by atoms with E-state index in [0.717, 1.165) is 12.8 Å². The third-order valence-corrected chi connectivity index (χ3v) is 2.98. The van der Waals surface area contributed by atoms with Crippen LogP contribution in [0, 0.1) is 16.7 Å². The Balaban J connectivity index is 2.33. The maximum absolute atomic E-state index is 11.6. The van der Waals surface area contributed by atoms with E-state index in [-0.39, 0.29) is 12.5 Å². The first-order valence-corrected chi connectivity index (χ1v) is 5.52. The average molecular weight is 210 g/mol. The second kappa shape index (κ2) is 5.13. The molecule has 84 valence electrons. The zero-order valence-corrected chi connectivity index (χ0v) is 9.12. The van der Waals surface area contributed by atoms with Gasteiger partial charge in [0.25, 0.3) is 0 Å². The molecule has 1 fully saturated rings. The number of nitriles is 1. The predicted octanol–water partition coefficient (Wildman–Crippen LogP) is 0.957. The van der Waals surface area contributed by atoms with E-state index in [1.54, 1.807) is 0 Å². The smallest absolute Gasteiger partial charge is 0.240 e. The largest absolute Gasteiger partial charge is 0.391 e. The van der Waals surface area contributed by atoms with Crippen LogP contribution in [-0.4, -0.2) is 23.7 Å². The summed E-state index contributed by atoms with van der Waals surface area (Å²) < 4.78 is 0. The van der Waals surface area contributed by atoms with Crippen LogP contribution in [0.15, 0.2) is 0 Å². The van der Waals surface area contributed by atoms with Crippen molar-refractivity contribution in [3.8, 4) is 6.07 Å². The number of nitrogens with one attached hydrogen (secondary N) is 1. The highest BCUT2D eigenvalue weighted by molar-refractivity contribution is 5.86. The Bertz CT molecular complexity index is 266. The Hall–Kier alpha value is -1.08. The number of amides is 1. The van der Waals surface area contributed by atoms with Crippen molar-refractivity contribution in [2.45, 2.75) is 45.1 Å². The molecule has 0 aromatic rings. The van der Waals surface area contributed by atoms with Crippen LogP contribution >= 0.6 is 0 Å². The first-order chi connectivity index (χ1) is 7.14. The fraction of sp³-hybridized carbons (Fsp3) is 0.818. The van der Waals surface area contributed by atoms with Crippen molar-refractivity contribution in [1.29, 1.82) is 5.26 Å². The van der Waals surface area contributed by atoms with Gasteiger partial charge in [-0.1, -0.05) is 13.3 Å². The van der Waals surface area contributed by atoms with E-state index in [1.165, 1.54) is 0 Å². The molecule has 0 heterocycles. The Labute approximate surface area is 90.3 Å². The van der Waals surface area contributed by atoms with E-state index in [0.29, 0.717) is 19.3 Å². The molecule has 1 saturated carbocycles. The molecule has 1 unspecified atom stereocenters. The predicted molar refractivity (Wildman–Crippen MR) is 55.8 cm³/mol. The quantitative estimate of drug-likeness (QED) is 0.709. The Morgan fingerprint density at radius 1 is 1.67 bits per heavy atom. The van der Waals surface area contributed by atoms with Crippen LogP contribution in [0.25, 0.3) is 0 Å². The number of hydrogen-bond donors (Lipinski definition) is 2. The van der Waals surface area contributed by atoms with E-state index in [1.807, 2.05) is 6.92 Å². The molecule has 0 aromatic carbocycles. The molecular formula is C11H18N2O2. The van der Waals surface area contributed by atoms with Crippen molar-refractivity contribution in [3.63, 3.8) is 0 Å². The molecule has 0 aliphatic heterocycles. The van der Waals surface area contributed by atoms with Crippen LogP contribution in [0.4, 0.5) is 0 Å². The van der Waals surface area contributed by atoms with Crippen molar-refractivity contribution in [3.05, 3.63) is 0 Å². The van der Waals surface area contributed by atoms with Crippen molar-refractivity contribution in [2.75, 3.05) is 6.54 Å². The van der Waals surface area contributed by atoms with Gasteiger partial charge in [0.2, 0.25) is 5.91 Å². The summed E-state index contributed by atoms with van der Waals surface area (Å²) in [5, 5.41) is 21.0. The van der Waals surface area contributed by atoms with Gasteiger partial charge < -0.3 is 10.4 Å². The zero-order valence-electron chi connectivity index (χ0n) is 9.12. The third kappa shape index (κ3) is 2.69.